The molecule has 2 amide bonds. The van der Waals surface area contributed by atoms with Gasteiger partial charge in [-0.2, -0.15) is 0 Å². The summed E-state index contributed by atoms with van der Waals surface area (Å²) in [7, 11) is 0. The molecular formula is C26H35N3O2S. The van der Waals surface area contributed by atoms with Crippen molar-refractivity contribution in [2.45, 2.75) is 51.5 Å². The molecule has 1 atom stereocenters. The van der Waals surface area contributed by atoms with Gasteiger partial charge in [-0.25, -0.2) is 0 Å². The van der Waals surface area contributed by atoms with E-state index in [9.17, 15) is 9.59 Å². The van der Waals surface area contributed by atoms with Crippen LogP contribution in [-0.2, 0) is 16.0 Å². The maximum Gasteiger partial charge on any atom is 0.236 e. The molecule has 4 rings (SSSR count). The zero-order valence-corrected chi connectivity index (χ0v) is 20.0. The lowest BCUT2D eigenvalue weighted by atomic mass is 9.93. The van der Waals surface area contributed by atoms with Crippen LogP contribution in [0.2, 0.25) is 0 Å². The standard InChI is InChI=1S/C26H35N3O2S/c1-2-3-4-8-11-24(30)27-15-17-28(18-16-27)25(31)20-29-14-12-23-22(13-19-32-23)26(29)21-9-6-5-7-10-21/h5-7,9-10,13,19,26H,2-4,8,11-12,14-18,20H2,1H3. The van der Waals surface area contributed by atoms with Crippen LogP contribution in [0.25, 0.3) is 0 Å². The van der Waals surface area contributed by atoms with Gasteiger partial charge in [0.1, 0.15) is 0 Å². The third-order valence-corrected chi connectivity index (χ3v) is 7.75. The molecule has 0 N–H and O–H groups in total. The molecule has 3 heterocycles. The van der Waals surface area contributed by atoms with Crippen molar-refractivity contribution < 1.29 is 9.59 Å². The molecule has 6 heteroatoms. The highest BCUT2D eigenvalue weighted by atomic mass is 32.1. The van der Waals surface area contributed by atoms with Crippen molar-refractivity contribution in [2.24, 2.45) is 0 Å². The van der Waals surface area contributed by atoms with E-state index in [0.717, 1.165) is 25.8 Å². The first-order valence-electron chi connectivity index (χ1n) is 12.1. The number of unbranched alkanes of at least 4 members (excludes halogenated alkanes) is 3. The van der Waals surface area contributed by atoms with Crippen molar-refractivity contribution in [2.75, 3.05) is 39.3 Å². The third kappa shape index (κ3) is 5.41. The lowest BCUT2D eigenvalue weighted by Crippen LogP contribution is -2.53. The SMILES string of the molecule is CCCCCCC(=O)N1CCN(C(=O)CN2CCc3sccc3C2c2ccccc2)CC1. The average molecular weight is 454 g/mol. The summed E-state index contributed by atoms with van der Waals surface area (Å²) in [5.41, 5.74) is 2.59. The number of carbonyl (C=O) groups excluding carboxylic acids is 2. The summed E-state index contributed by atoms with van der Waals surface area (Å²) in [6.45, 7) is 6.13. The van der Waals surface area contributed by atoms with Gasteiger partial charge in [0.25, 0.3) is 0 Å². The Bertz CT molecular complexity index is 889. The molecule has 2 aromatic rings. The number of hydrogen-bond acceptors (Lipinski definition) is 4. The molecule has 1 aromatic carbocycles. The van der Waals surface area contributed by atoms with Gasteiger partial charge in [-0.15, -0.1) is 11.3 Å². The van der Waals surface area contributed by atoms with E-state index in [1.807, 2.05) is 27.2 Å². The van der Waals surface area contributed by atoms with E-state index in [1.165, 1.54) is 28.8 Å². The number of benzene rings is 1. The maximum atomic E-state index is 13.2. The number of fused-ring (bicyclic) bond motifs is 1. The Morgan fingerprint density at radius 2 is 1.62 bits per heavy atom. The minimum absolute atomic E-state index is 0.140. The maximum absolute atomic E-state index is 13.2. The van der Waals surface area contributed by atoms with Crippen LogP contribution in [0.4, 0.5) is 0 Å². The second-order valence-electron chi connectivity index (χ2n) is 8.91. The predicted octanol–water partition coefficient (Wildman–Crippen LogP) is 4.34. The van der Waals surface area contributed by atoms with Crippen molar-refractivity contribution in [1.29, 1.82) is 0 Å². The fraction of sp³-hybridized carbons (Fsp3) is 0.538. The summed E-state index contributed by atoms with van der Waals surface area (Å²) in [6, 6.07) is 12.9. The lowest BCUT2D eigenvalue weighted by molar-refractivity contribution is -0.140. The minimum Gasteiger partial charge on any atom is -0.339 e. The lowest BCUT2D eigenvalue weighted by Gasteiger charge is -2.39. The first kappa shape index (κ1) is 23.0. The Labute approximate surface area is 196 Å². The smallest absolute Gasteiger partial charge is 0.236 e. The highest BCUT2D eigenvalue weighted by molar-refractivity contribution is 7.10. The summed E-state index contributed by atoms with van der Waals surface area (Å²) in [5, 5.41) is 2.17. The molecule has 0 radical (unpaired) electrons. The number of nitrogens with zero attached hydrogens (tertiary/aromatic N) is 3. The molecule has 2 aliphatic rings. The number of hydrogen-bond donors (Lipinski definition) is 0. The Kier molecular flexibility index (Phi) is 7.98. The first-order valence-corrected chi connectivity index (χ1v) is 13.0. The van der Waals surface area contributed by atoms with E-state index in [-0.39, 0.29) is 17.9 Å². The van der Waals surface area contributed by atoms with Crippen LogP contribution in [0.5, 0.6) is 0 Å². The average Bonchev–Trinajstić information content (AvgIpc) is 3.31. The van der Waals surface area contributed by atoms with Gasteiger partial charge in [-0.05, 0) is 35.4 Å². The second kappa shape index (κ2) is 11.1. The highest BCUT2D eigenvalue weighted by Gasteiger charge is 2.32. The van der Waals surface area contributed by atoms with Gasteiger partial charge in [0.2, 0.25) is 11.8 Å². The topological polar surface area (TPSA) is 43.9 Å². The van der Waals surface area contributed by atoms with Gasteiger partial charge in [-0.3, -0.25) is 14.5 Å². The highest BCUT2D eigenvalue weighted by Crippen LogP contribution is 2.37. The number of piperazine rings is 1. The van der Waals surface area contributed by atoms with Crippen LogP contribution < -0.4 is 0 Å². The fourth-order valence-corrected chi connectivity index (χ4v) is 5.81. The number of rotatable bonds is 8. The summed E-state index contributed by atoms with van der Waals surface area (Å²) in [6.07, 6.45) is 6.14. The molecule has 5 nitrogen and oxygen atoms in total. The number of carbonyl (C=O) groups is 2. The molecule has 0 bridgehead atoms. The van der Waals surface area contributed by atoms with E-state index in [2.05, 4.69) is 47.5 Å². The largest absolute Gasteiger partial charge is 0.339 e. The van der Waals surface area contributed by atoms with Crippen molar-refractivity contribution in [3.8, 4) is 0 Å². The number of thiophene rings is 1. The fourth-order valence-electron chi connectivity index (χ4n) is 4.90. The molecule has 0 spiro atoms. The van der Waals surface area contributed by atoms with E-state index in [1.54, 1.807) is 0 Å². The summed E-state index contributed by atoms with van der Waals surface area (Å²) < 4.78 is 0. The molecule has 32 heavy (non-hydrogen) atoms. The minimum atomic E-state index is 0.140. The predicted molar refractivity (Wildman–Crippen MR) is 130 cm³/mol. The molecule has 172 valence electrons. The molecular weight excluding hydrogens is 418 g/mol. The monoisotopic (exact) mass is 453 g/mol. The Morgan fingerprint density at radius 3 is 2.34 bits per heavy atom. The Morgan fingerprint density at radius 1 is 0.906 bits per heavy atom. The van der Waals surface area contributed by atoms with E-state index in [0.29, 0.717) is 39.1 Å². The normalized spacial score (nSPS) is 19.1. The van der Waals surface area contributed by atoms with Gasteiger partial charge in [0, 0.05) is 44.0 Å². The zero-order chi connectivity index (χ0) is 22.3. The summed E-state index contributed by atoms with van der Waals surface area (Å²) in [4.78, 5) is 33.3. The molecule has 0 saturated carbocycles. The van der Waals surface area contributed by atoms with Crippen LogP contribution >= 0.6 is 11.3 Å². The van der Waals surface area contributed by atoms with Gasteiger partial charge < -0.3 is 9.80 Å². The van der Waals surface area contributed by atoms with Crippen molar-refractivity contribution in [3.05, 3.63) is 57.8 Å². The van der Waals surface area contributed by atoms with Gasteiger partial charge >= 0.3 is 0 Å². The van der Waals surface area contributed by atoms with Crippen molar-refractivity contribution in [3.63, 3.8) is 0 Å². The molecule has 1 unspecified atom stereocenters. The van der Waals surface area contributed by atoms with Gasteiger partial charge in [0.05, 0.1) is 12.6 Å². The van der Waals surface area contributed by atoms with E-state index >= 15 is 0 Å². The molecule has 2 aliphatic heterocycles. The van der Waals surface area contributed by atoms with Gasteiger partial charge in [-0.1, -0.05) is 56.5 Å². The first-order chi connectivity index (χ1) is 15.7. The van der Waals surface area contributed by atoms with Crippen LogP contribution in [0.1, 0.15) is 61.1 Å². The van der Waals surface area contributed by atoms with Crippen molar-refractivity contribution in [1.82, 2.24) is 14.7 Å². The molecule has 1 aromatic heterocycles. The summed E-state index contributed by atoms with van der Waals surface area (Å²) in [5.74, 6) is 0.429. The molecule has 1 saturated heterocycles. The quantitative estimate of drug-likeness (QED) is 0.559. The van der Waals surface area contributed by atoms with Crippen LogP contribution in [0, 0.1) is 0 Å². The van der Waals surface area contributed by atoms with Crippen LogP contribution in [0.15, 0.2) is 41.8 Å². The molecule has 0 aliphatic carbocycles. The second-order valence-corrected chi connectivity index (χ2v) is 9.91. The van der Waals surface area contributed by atoms with Crippen LogP contribution in [-0.4, -0.2) is 65.8 Å². The third-order valence-electron chi connectivity index (χ3n) is 6.75. The Hall–Kier alpha value is -2.18. The summed E-state index contributed by atoms with van der Waals surface area (Å²) >= 11 is 1.82. The zero-order valence-electron chi connectivity index (χ0n) is 19.2. The van der Waals surface area contributed by atoms with E-state index < -0.39 is 0 Å². The van der Waals surface area contributed by atoms with E-state index in [4.69, 9.17) is 0 Å². The molecule has 1 fully saturated rings. The van der Waals surface area contributed by atoms with Gasteiger partial charge in [0.15, 0.2) is 0 Å². The van der Waals surface area contributed by atoms with Crippen LogP contribution in [0.3, 0.4) is 0 Å². The Balaban J connectivity index is 1.33. The number of amides is 2. The van der Waals surface area contributed by atoms with Crippen molar-refractivity contribution >= 4 is 23.2 Å².